The van der Waals surface area contributed by atoms with Gasteiger partial charge in [-0.2, -0.15) is 0 Å². The third-order valence-electron chi connectivity index (χ3n) is 12.5. The predicted molar refractivity (Wildman–Crippen MR) is 255 cm³/mol. The average Bonchev–Trinajstić information content (AvgIpc) is 4.09. The highest BCUT2D eigenvalue weighted by atomic mass is 32.1. The van der Waals surface area contributed by atoms with Gasteiger partial charge in [0.05, 0.1) is 32.5 Å². The number of fused-ring (bicyclic) bond motifs is 13. The van der Waals surface area contributed by atoms with E-state index in [2.05, 4.69) is 138 Å². The molecule has 0 saturated carbocycles. The van der Waals surface area contributed by atoms with Crippen LogP contribution in [-0.2, 0) is 0 Å². The van der Waals surface area contributed by atoms with Crippen molar-refractivity contribution in [1.29, 1.82) is 0 Å². The minimum atomic E-state index is 0.512. The quantitative estimate of drug-likeness (QED) is 0.177. The second-order valence-electron chi connectivity index (χ2n) is 15.9. The molecule has 288 valence electrons. The first-order chi connectivity index (χ1) is 30.7. The number of hydrogen-bond donors (Lipinski definition) is 0. The van der Waals surface area contributed by atoms with Crippen LogP contribution in [0, 0.1) is 0 Å². The summed E-state index contributed by atoms with van der Waals surface area (Å²) in [5.41, 5.74) is 8.79. The Morgan fingerprint density at radius 3 is 1.58 bits per heavy atom. The molecule has 0 bridgehead atoms. The van der Waals surface area contributed by atoms with Crippen LogP contribution in [0.2, 0.25) is 0 Å². The maximum absolute atomic E-state index is 6.62. The van der Waals surface area contributed by atoms with E-state index in [1.807, 2.05) is 48.5 Å². The minimum absolute atomic E-state index is 0.512. The van der Waals surface area contributed by atoms with Crippen molar-refractivity contribution < 1.29 is 8.83 Å². The van der Waals surface area contributed by atoms with Crippen molar-refractivity contribution in [2.75, 3.05) is 0 Å². The fourth-order valence-electron chi connectivity index (χ4n) is 9.66. The smallest absolute Gasteiger partial charge is 0.167 e. The second kappa shape index (κ2) is 12.7. The zero-order valence-corrected chi connectivity index (χ0v) is 33.7. The fourth-order valence-corrected chi connectivity index (χ4v) is 10.9. The summed E-state index contributed by atoms with van der Waals surface area (Å²) in [6, 6.07) is 63.8. The highest BCUT2D eigenvalue weighted by Crippen LogP contribution is 2.46. The molecule has 6 nitrogen and oxygen atoms in total. The van der Waals surface area contributed by atoms with Crippen molar-refractivity contribution in [2.45, 2.75) is 0 Å². The first-order valence-electron chi connectivity index (χ1n) is 20.7. The average molecular weight is 811 g/mol. The Labute approximate surface area is 356 Å². The van der Waals surface area contributed by atoms with Gasteiger partial charge in [0.15, 0.2) is 17.5 Å². The number of benzene rings is 9. The largest absolute Gasteiger partial charge is 0.455 e. The number of thiophene rings is 1. The van der Waals surface area contributed by atoms with Crippen LogP contribution >= 0.6 is 11.3 Å². The van der Waals surface area contributed by atoms with Gasteiger partial charge in [-0.1, -0.05) is 127 Å². The van der Waals surface area contributed by atoms with Crippen LogP contribution in [0.25, 0.3) is 136 Å². The monoisotopic (exact) mass is 810 g/mol. The minimum Gasteiger partial charge on any atom is -0.455 e. The molecule has 0 spiro atoms. The van der Waals surface area contributed by atoms with Gasteiger partial charge in [0.2, 0.25) is 0 Å². The zero-order chi connectivity index (χ0) is 40.5. The molecule has 0 aliphatic carbocycles. The maximum atomic E-state index is 6.62. The van der Waals surface area contributed by atoms with Crippen LogP contribution in [0.3, 0.4) is 0 Å². The van der Waals surface area contributed by atoms with Crippen LogP contribution in [0.4, 0.5) is 0 Å². The number of hydrogen-bond acceptors (Lipinski definition) is 6. The van der Waals surface area contributed by atoms with E-state index in [0.29, 0.717) is 17.5 Å². The van der Waals surface area contributed by atoms with Crippen molar-refractivity contribution in [3.05, 3.63) is 182 Å². The third kappa shape index (κ3) is 4.76. The molecule has 0 aliphatic heterocycles. The molecule has 0 N–H and O–H groups in total. The standard InChI is InChI=1S/C55H30N4O2S/c1-2-14-32-30-45-43(29-31(32)13-1)33-15-3-7-23-44(33)59(45)49-40(28-27-39-36-18-6-10-26-48(36)62-52(39)49)53-56-54(41-21-11-19-37-34-16-4-8-24-46(34)60-50(37)41)58-55(57-53)42-22-12-20-38-35-17-5-9-25-47(35)61-51(38)42/h1-30H. The number of nitrogens with zero attached hydrogens (tertiary/aromatic N) is 4. The number of furan rings is 2. The molecule has 14 rings (SSSR count). The van der Waals surface area contributed by atoms with Gasteiger partial charge in [-0.3, -0.25) is 0 Å². The maximum Gasteiger partial charge on any atom is 0.167 e. The summed E-state index contributed by atoms with van der Waals surface area (Å²) in [5, 5.41) is 11.3. The molecular formula is C55H30N4O2S. The lowest BCUT2D eigenvalue weighted by atomic mass is 10.0. The van der Waals surface area contributed by atoms with Crippen molar-refractivity contribution in [3.8, 4) is 39.9 Å². The van der Waals surface area contributed by atoms with Crippen LogP contribution in [0.1, 0.15) is 0 Å². The molecule has 0 amide bonds. The van der Waals surface area contributed by atoms with E-state index in [-0.39, 0.29) is 0 Å². The Balaban J connectivity index is 1.13. The predicted octanol–water partition coefficient (Wildman–Crippen LogP) is 15.3. The Hall–Kier alpha value is -8.13. The Morgan fingerprint density at radius 2 is 0.903 bits per heavy atom. The fraction of sp³-hybridized carbons (Fsp3) is 0. The Bertz CT molecular complexity index is 4060. The molecule has 14 aromatic rings. The molecule has 5 aromatic heterocycles. The van der Waals surface area contributed by atoms with Gasteiger partial charge in [-0.05, 0) is 65.4 Å². The molecule has 0 fully saturated rings. The van der Waals surface area contributed by atoms with Crippen LogP contribution in [0.5, 0.6) is 0 Å². The van der Waals surface area contributed by atoms with Crippen LogP contribution < -0.4 is 0 Å². The van der Waals surface area contributed by atoms with E-state index >= 15 is 0 Å². The summed E-state index contributed by atoms with van der Waals surface area (Å²) in [7, 11) is 0. The highest BCUT2D eigenvalue weighted by molar-refractivity contribution is 7.26. The van der Waals surface area contributed by atoms with Crippen LogP contribution in [-0.4, -0.2) is 19.5 Å². The van der Waals surface area contributed by atoms with Crippen molar-refractivity contribution in [2.24, 2.45) is 0 Å². The summed E-state index contributed by atoms with van der Waals surface area (Å²) < 4.78 is 18.1. The van der Waals surface area contributed by atoms with E-state index in [1.54, 1.807) is 11.3 Å². The summed E-state index contributed by atoms with van der Waals surface area (Å²) in [6.45, 7) is 0. The first kappa shape index (κ1) is 33.7. The number of rotatable bonds is 4. The molecule has 0 saturated heterocycles. The lowest BCUT2D eigenvalue weighted by Gasteiger charge is -2.16. The summed E-state index contributed by atoms with van der Waals surface area (Å²) in [6.07, 6.45) is 0. The first-order valence-corrected chi connectivity index (χ1v) is 21.5. The SMILES string of the molecule is c1ccc2cc3c(cc2c1)c1ccccc1n3-c1c(-c2nc(-c3cccc4c3oc3ccccc34)nc(-c3cccc4c3oc3ccccc34)n2)ccc2c1sc1ccccc12. The second-order valence-corrected chi connectivity index (χ2v) is 16.9. The summed E-state index contributed by atoms with van der Waals surface area (Å²) in [4.78, 5) is 16.2. The van der Waals surface area contributed by atoms with Gasteiger partial charge in [-0.25, -0.2) is 15.0 Å². The Kier molecular flexibility index (Phi) is 6.89. The molecule has 0 unspecified atom stereocenters. The molecule has 0 radical (unpaired) electrons. The third-order valence-corrected chi connectivity index (χ3v) is 13.6. The topological polar surface area (TPSA) is 69.9 Å². The summed E-state index contributed by atoms with van der Waals surface area (Å²) in [5.74, 6) is 1.57. The molecule has 9 aromatic carbocycles. The molecule has 0 aliphatic rings. The Morgan fingerprint density at radius 1 is 0.371 bits per heavy atom. The molecular weight excluding hydrogens is 781 g/mol. The van der Waals surface area contributed by atoms with E-state index < -0.39 is 0 Å². The van der Waals surface area contributed by atoms with Gasteiger partial charge in [0.25, 0.3) is 0 Å². The number of aromatic nitrogens is 4. The van der Waals surface area contributed by atoms with Gasteiger partial charge >= 0.3 is 0 Å². The van der Waals surface area contributed by atoms with Gasteiger partial charge in [0, 0.05) is 53.4 Å². The summed E-state index contributed by atoms with van der Waals surface area (Å²) >= 11 is 1.80. The van der Waals surface area contributed by atoms with E-state index in [4.69, 9.17) is 23.8 Å². The van der Waals surface area contributed by atoms with E-state index in [0.717, 1.165) is 82.0 Å². The molecule has 7 heteroatoms. The van der Waals surface area contributed by atoms with Crippen molar-refractivity contribution >= 4 is 108 Å². The number of para-hydroxylation sites is 5. The van der Waals surface area contributed by atoms with Gasteiger partial charge < -0.3 is 13.4 Å². The lowest BCUT2D eigenvalue weighted by molar-refractivity contribution is 0.669. The normalized spacial score (nSPS) is 12.2. The van der Waals surface area contributed by atoms with E-state index in [1.165, 1.54) is 37.0 Å². The molecule has 62 heavy (non-hydrogen) atoms. The van der Waals surface area contributed by atoms with Crippen molar-refractivity contribution in [1.82, 2.24) is 19.5 Å². The molecule has 0 atom stereocenters. The van der Waals surface area contributed by atoms with Gasteiger partial charge in [0.1, 0.15) is 22.3 Å². The highest BCUT2D eigenvalue weighted by Gasteiger charge is 2.25. The van der Waals surface area contributed by atoms with Crippen molar-refractivity contribution in [3.63, 3.8) is 0 Å². The lowest BCUT2D eigenvalue weighted by Crippen LogP contribution is -2.04. The van der Waals surface area contributed by atoms with E-state index in [9.17, 15) is 0 Å². The van der Waals surface area contributed by atoms with Crippen LogP contribution in [0.15, 0.2) is 191 Å². The molecule has 5 heterocycles. The van der Waals surface area contributed by atoms with Gasteiger partial charge in [-0.15, -0.1) is 11.3 Å². The zero-order valence-electron chi connectivity index (χ0n) is 32.8.